The number of fused-ring (bicyclic) bond motifs is 1. The molecule has 3 aromatic carbocycles. The van der Waals surface area contributed by atoms with Crippen LogP contribution in [0.1, 0.15) is 15.9 Å². The summed E-state index contributed by atoms with van der Waals surface area (Å²) in [7, 11) is 0. The second kappa shape index (κ2) is 5.11. The van der Waals surface area contributed by atoms with Gasteiger partial charge in [0.2, 0.25) is 0 Å². The second-order valence-corrected chi connectivity index (χ2v) is 5.12. The third-order valence-electron chi connectivity index (χ3n) is 3.42. The smallest absolute Gasteiger partial charge is 0.198 e. The Labute approximate surface area is 126 Å². The minimum absolute atomic E-state index is 0.0352. The molecule has 0 fully saturated rings. The molecule has 0 spiro atoms. The van der Waals surface area contributed by atoms with E-state index >= 15 is 0 Å². The number of anilines is 1. The molecule has 0 saturated carbocycles. The fourth-order valence-electron chi connectivity index (χ4n) is 2.36. The van der Waals surface area contributed by atoms with E-state index in [0.717, 1.165) is 10.8 Å². The quantitative estimate of drug-likeness (QED) is 0.427. The van der Waals surface area contributed by atoms with E-state index in [2.05, 4.69) is 0 Å². The Bertz CT molecular complexity index is 853. The average Bonchev–Trinajstić information content (AvgIpc) is 2.50. The van der Waals surface area contributed by atoms with Crippen molar-refractivity contribution in [3.05, 3.63) is 70.7 Å². The van der Waals surface area contributed by atoms with Crippen LogP contribution < -0.4 is 5.73 Å². The summed E-state index contributed by atoms with van der Waals surface area (Å²) in [5.41, 5.74) is 6.30. The highest BCUT2D eigenvalue weighted by Crippen LogP contribution is 2.34. The Hall–Kier alpha value is -2.52. The number of aromatic hydroxyl groups is 1. The predicted octanol–water partition coefficient (Wildman–Crippen LogP) is 4.01. The molecule has 3 nitrogen and oxygen atoms in total. The lowest BCUT2D eigenvalue weighted by molar-refractivity contribution is 0.103. The minimum atomic E-state index is -0.346. The molecule has 3 N–H and O–H groups in total. The van der Waals surface area contributed by atoms with Crippen LogP contribution in [0.3, 0.4) is 0 Å². The van der Waals surface area contributed by atoms with E-state index in [0.29, 0.717) is 5.56 Å². The Morgan fingerprint density at radius 1 is 1.00 bits per heavy atom. The van der Waals surface area contributed by atoms with Gasteiger partial charge in [-0.05, 0) is 22.9 Å². The van der Waals surface area contributed by atoms with E-state index in [1.165, 1.54) is 12.1 Å². The normalized spacial score (nSPS) is 10.7. The Morgan fingerprint density at radius 3 is 2.52 bits per heavy atom. The van der Waals surface area contributed by atoms with Crippen molar-refractivity contribution in [3.8, 4) is 5.75 Å². The fourth-order valence-corrected chi connectivity index (χ4v) is 2.60. The van der Waals surface area contributed by atoms with Crippen LogP contribution in [0.4, 0.5) is 5.69 Å². The Morgan fingerprint density at radius 2 is 1.71 bits per heavy atom. The molecule has 0 aliphatic carbocycles. The molecule has 4 heteroatoms. The van der Waals surface area contributed by atoms with Crippen molar-refractivity contribution in [3.63, 3.8) is 0 Å². The molecule has 0 atom stereocenters. The zero-order valence-electron chi connectivity index (χ0n) is 11.0. The second-order valence-electron chi connectivity index (χ2n) is 4.72. The standard InChI is InChI=1S/C17H12ClNO2/c18-13-8-9-14(19)17(21)15(13)16(20)12-7-3-5-10-4-1-2-6-11(10)12/h1-9,21H,19H2. The van der Waals surface area contributed by atoms with Gasteiger partial charge in [-0.2, -0.15) is 0 Å². The lowest BCUT2D eigenvalue weighted by Crippen LogP contribution is -2.05. The predicted molar refractivity (Wildman–Crippen MR) is 84.9 cm³/mol. The third-order valence-corrected chi connectivity index (χ3v) is 3.73. The van der Waals surface area contributed by atoms with Gasteiger partial charge in [-0.25, -0.2) is 0 Å². The molecule has 0 aliphatic heterocycles. The summed E-state index contributed by atoms with van der Waals surface area (Å²) in [6.07, 6.45) is 0. The molecule has 0 aliphatic rings. The molecule has 0 radical (unpaired) electrons. The number of benzene rings is 3. The van der Waals surface area contributed by atoms with Gasteiger partial charge in [-0.3, -0.25) is 4.79 Å². The molecule has 0 unspecified atom stereocenters. The minimum Gasteiger partial charge on any atom is -0.505 e. The highest BCUT2D eigenvalue weighted by molar-refractivity contribution is 6.36. The van der Waals surface area contributed by atoms with Crippen molar-refractivity contribution in [2.45, 2.75) is 0 Å². The van der Waals surface area contributed by atoms with Gasteiger partial charge in [-0.1, -0.05) is 54.1 Å². The largest absolute Gasteiger partial charge is 0.505 e. The van der Waals surface area contributed by atoms with E-state index in [1.807, 2.05) is 30.3 Å². The summed E-state index contributed by atoms with van der Waals surface area (Å²) in [5.74, 6) is -0.623. The van der Waals surface area contributed by atoms with Crippen LogP contribution in [0.15, 0.2) is 54.6 Å². The van der Waals surface area contributed by atoms with Gasteiger partial charge in [0.15, 0.2) is 11.5 Å². The number of rotatable bonds is 2. The van der Waals surface area contributed by atoms with Gasteiger partial charge in [0.1, 0.15) is 0 Å². The molecule has 3 rings (SSSR count). The maximum absolute atomic E-state index is 12.8. The summed E-state index contributed by atoms with van der Waals surface area (Å²) in [6.45, 7) is 0. The number of hydrogen-bond donors (Lipinski definition) is 2. The fraction of sp³-hybridized carbons (Fsp3) is 0. The average molecular weight is 298 g/mol. The Kier molecular flexibility index (Phi) is 3.28. The highest BCUT2D eigenvalue weighted by Gasteiger charge is 2.20. The molecule has 0 bridgehead atoms. The molecule has 0 heterocycles. The number of halogens is 1. The van der Waals surface area contributed by atoms with Crippen LogP contribution in [-0.4, -0.2) is 10.9 Å². The molecule has 104 valence electrons. The van der Waals surface area contributed by atoms with Crippen LogP contribution in [0.2, 0.25) is 5.02 Å². The molecule has 3 aromatic rings. The molecular formula is C17H12ClNO2. The number of carbonyl (C=O) groups excluding carboxylic acids is 1. The lowest BCUT2D eigenvalue weighted by Gasteiger charge is -2.10. The number of phenolic OH excluding ortho intramolecular Hbond substituents is 1. The maximum atomic E-state index is 12.8. The summed E-state index contributed by atoms with van der Waals surface area (Å²) in [5, 5.41) is 12.0. The molecule has 0 aromatic heterocycles. The van der Waals surface area contributed by atoms with Crippen LogP contribution in [0.5, 0.6) is 5.75 Å². The van der Waals surface area contributed by atoms with Crippen molar-refractivity contribution in [2.75, 3.05) is 5.73 Å². The van der Waals surface area contributed by atoms with E-state index < -0.39 is 0 Å². The molecule has 21 heavy (non-hydrogen) atoms. The summed E-state index contributed by atoms with van der Waals surface area (Å²) in [4.78, 5) is 12.8. The highest BCUT2D eigenvalue weighted by atomic mass is 35.5. The van der Waals surface area contributed by atoms with Crippen molar-refractivity contribution in [2.24, 2.45) is 0 Å². The first-order valence-electron chi connectivity index (χ1n) is 6.39. The summed E-state index contributed by atoms with van der Waals surface area (Å²) in [6, 6.07) is 16.0. The monoisotopic (exact) mass is 297 g/mol. The SMILES string of the molecule is Nc1ccc(Cl)c(C(=O)c2cccc3ccccc23)c1O. The summed E-state index contributed by atoms with van der Waals surface area (Å²) >= 11 is 6.06. The van der Waals surface area contributed by atoms with E-state index in [-0.39, 0.29) is 27.8 Å². The van der Waals surface area contributed by atoms with Gasteiger partial charge >= 0.3 is 0 Å². The molecular weight excluding hydrogens is 286 g/mol. The van der Waals surface area contributed by atoms with Crippen molar-refractivity contribution >= 4 is 33.8 Å². The van der Waals surface area contributed by atoms with Crippen molar-refractivity contribution in [1.82, 2.24) is 0 Å². The van der Waals surface area contributed by atoms with Crippen LogP contribution in [0, 0.1) is 0 Å². The van der Waals surface area contributed by atoms with Gasteiger partial charge in [-0.15, -0.1) is 0 Å². The number of carbonyl (C=O) groups is 1. The van der Waals surface area contributed by atoms with Crippen molar-refractivity contribution < 1.29 is 9.90 Å². The van der Waals surface area contributed by atoms with Gasteiger partial charge in [0.05, 0.1) is 16.3 Å². The first-order valence-corrected chi connectivity index (χ1v) is 6.77. The van der Waals surface area contributed by atoms with E-state index in [1.54, 1.807) is 12.1 Å². The first kappa shape index (κ1) is 13.5. The molecule has 0 saturated heterocycles. The third kappa shape index (κ3) is 2.22. The number of hydrogen-bond acceptors (Lipinski definition) is 3. The van der Waals surface area contributed by atoms with Gasteiger partial charge < -0.3 is 10.8 Å². The number of nitrogen functional groups attached to an aromatic ring is 1. The van der Waals surface area contributed by atoms with Gasteiger partial charge in [0.25, 0.3) is 0 Å². The Balaban J connectivity index is 2.25. The van der Waals surface area contributed by atoms with Gasteiger partial charge in [0, 0.05) is 5.56 Å². The van der Waals surface area contributed by atoms with E-state index in [9.17, 15) is 9.90 Å². The zero-order chi connectivity index (χ0) is 15.0. The lowest BCUT2D eigenvalue weighted by atomic mass is 9.96. The van der Waals surface area contributed by atoms with Crippen LogP contribution in [0.25, 0.3) is 10.8 Å². The van der Waals surface area contributed by atoms with Crippen molar-refractivity contribution in [1.29, 1.82) is 0 Å². The topological polar surface area (TPSA) is 63.3 Å². The number of nitrogens with two attached hydrogens (primary N) is 1. The first-order chi connectivity index (χ1) is 10.1. The summed E-state index contributed by atoms with van der Waals surface area (Å²) < 4.78 is 0. The van der Waals surface area contributed by atoms with Crippen LogP contribution in [-0.2, 0) is 0 Å². The van der Waals surface area contributed by atoms with E-state index in [4.69, 9.17) is 17.3 Å². The zero-order valence-corrected chi connectivity index (χ0v) is 11.8. The molecule has 0 amide bonds. The number of phenols is 1. The maximum Gasteiger partial charge on any atom is 0.198 e. The van der Waals surface area contributed by atoms with Crippen LogP contribution >= 0.6 is 11.6 Å². The number of ketones is 1.